The lowest BCUT2D eigenvalue weighted by molar-refractivity contribution is -0.136. The van der Waals surface area contributed by atoms with Crippen molar-refractivity contribution in [2.45, 2.75) is 39.8 Å². The van der Waals surface area contributed by atoms with Crippen molar-refractivity contribution in [3.63, 3.8) is 0 Å². The van der Waals surface area contributed by atoms with Crippen LogP contribution in [-0.4, -0.2) is 16.8 Å². The summed E-state index contributed by atoms with van der Waals surface area (Å²) in [4.78, 5) is 15.1. The van der Waals surface area contributed by atoms with Crippen LogP contribution < -0.4 is 0 Å². The quantitative estimate of drug-likeness (QED) is 0.806. The average Bonchev–Trinajstić information content (AvgIpc) is 2.79. The molecule has 1 aromatic rings. The Morgan fingerprint density at radius 3 is 2.71 bits per heavy atom. The lowest BCUT2D eigenvalue weighted by atomic mass is 10.1. The zero-order chi connectivity index (χ0) is 12.8. The summed E-state index contributed by atoms with van der Waals surface area (Å²) in [6.07, 6.45) is 0.572. The molecule has 0 aliphatic heterocycles. The summed E-state index contributed by atoms with van der Waals surface area (Å²) in [7, 11) is 0. The molecule has 0 spiro atoms. The van der Waals surface area contributed by atoms with E-state index >= 15 is 0 Å². The summed E-state index contributed by atoms with van der Waals surface area (Å²) in [5.74, 6) is -0.573. The van der Waals surface area contributed by atoms with Gasteiger partial charge in [-0.1, -0.05) is 13.0 Å². The molecule has 3 nitrogen and oxygen atoms in total. The van der Waals surface area contributed by atoms with E-state index in [1.165, 1.54) is 0 Å². The van der Waals surface area contributed by atoms with Crippen molar-refractivity contribution in [3.8, 4) is 6.07 Å². The Kier molecular flexibility index (Phi) is 5.17. The van der Waals surface area contributed by atoms with Gasteiger partial charge in [0.25, 0.3) is 0 Å². The first kappa shape index (κ1) is 13.7. The number of nitrogens with zero attached hydrogens (tertiary/aromatic N) is 2. The Morgan fingerprint density at radius 2 is 2.29 bits per heavy atom. The van der Waals surface area contributed by atoms with Gasteiger partial charge < -0.3 is 4.90 Å². The highest BCUT2D eigenvalue weighted by Gasteiger charge is 2.24. The van der Waals surface area contributed by atoms with Crippen LogP contribution in [0.3, 0.4) is 0 Å². The van der Waals surface area contributed by atoms with Crippen molar-refractivity contribution >= 4 is 17.2 Å². The molecule has 0 saturated carbocycles. The molecule has 4 heteroatoms. The van der Waals surface area contributed by atoms with E-state index < -0.39 is 5.92 Å². The van der Waals surface area contributed by atoms with Gasteiger partial charge in [0.1, 0.15) is 5.92 Å². The van der Waals surface area contributed by atoms with Crippen LogP contribution in [0.5, 0.6) is 0 Å². The van der Waals surface area contributed by atoms with E-state index in [4.69, 9.17) is 5.26 Å². The molecule has 0 N–H and O–H groups in total. The van der Waals surface area contributed by atoms with E-state index in [-0.39, 0.29) is 11.9 Å². The number of nitriles is 1. The van der Waals surface area contributed by atoms with Crippen molar-refractivity contribution in [1.82, 2.24) is 4.90 Å². The zero-order valence-electron chi connectivity index (χ0n) is 10.5. The molecule has 0 bridgehead atoms. The fraction of sp³-hybridized carbons (Fsp3) is 0.538. The van der Waals surface area contributed by atoms with E-state index in [9.17, 15) is 4.79 Å². The van der Waals surface area contributed by atoms with Crippen LogP contribution >= 0.6 is 11.3 Å². The number of amides is 1. The first-order valence-electron chi connectivity index (χ1n) is 5.82. The topological polar surface area (TPSA) is 44.1 Å². The van der Waals surface area contributed by atoms with E-state index in [0.717, 1.165) is 4.88 Å². The maximum atomic E-state index is 12.2. The molecule has 1 unspecified atom stereocenters. The molecule has 17 heavy (non-hydrogen) atoms. The largest absolute Gasteiger partial charge is 0.334 e. The lowest BCUT2D eigenvalue weighted by Crippen LogP contribution is -2.39. The monoisotopic (exact) mass is 250 g/mol. The summed E-state index contributed by atoms with van der Waals surface area (Å²) in [5, 5.41) is 11.0. The smallest absolute Gasteiger partial charge is 0.240 e. The maximum Gasteiger partial charge on any atom is 0.240 e. The normalized spacial score (nSPS) is 12.2. The third-order valence-corrected chi connectivity index (χ3v) is 3.54. The van der Waals surface area contributed by atoms with Gasteiger partial charge in [-0.15, -0.1) is 11.3 Å². The molecule has 0 fully saturated rings. The van der Waals surface area contributed by atoms with Crippen LogP contribution in [0.1, 0.15) is 32.1 Å². The van der Waals surface area contributed by atoms with Crippen molar-refractivity contribution < 1.29 is 4.79 Å². The van der Waals surface area contributed by atoms with Gasteiger partial charge >= 0.3 is 0 Å². The molecule has 1 amide bonds. The van der Waals surface area contributed by atoms with Crippen LogP contribution in [0.4, 0.5) is 0 Å². The standard InChI is InChI=1S/C13H18N2OS/c1-4-11(8-14)13(16)15(10(2)3)9-12-6-5-7-17-12/h5-7,10-11H,4,9H2,1-3H3. The highest BCUT2D eigenvalue weighted by atomic mass is 32.1. The molecule has 1 aromatic heterocycles. The SMILES string of the molecule is CCC(C#N)C(=O)N(Cc1cccs1)C(C)C. The number of hydrogen-bond acceptors (Lipinski definition) is 3. The van der Waals surface area contributed by atoms with E-state index in [2.05, 4.69) is 6.07 Å². The van der Waals surface area contributed by atoms with E-state index in [0.29, 0.717) is 13.0 Å². The Morgan fingerprint density at radius 1 is 1.59 bits per heavy atom. The number of thiophene rings is 1. The van der Waals surface area contributed by atoms with E-state index in [1.807, 2.05) is 38.3 Å². The van der Waals surface area contributed by atoms with Gasteiger partial charge in [0.2, 0.25) is 5.91 Å². The summed E-state index contributed by atoms with van der Waals surface area (Å²) < 4.78 is 0. The molecule has 1 heterocycles. The van der Waals surface area contributed by atoms with Crippen LogP contribution in [-0.2, 0) is 11.3 Å². The molecular weight excluding hydrogens is 232 g/mol. The number of rotatable bonds is 5. The van der Waals surface area contributed by atoms with Crippen LogP contribution in [0.25, 0.3) is 0 Å². The summed E-state index contributed by atoms with van der Waals surface area (Å²) >= 11 is 1.64. The Bertz CT molecular complexity index is 392. The van der Waals surface area contributed by atoms with Gasteiger partial charge in [-0.25, -0.2) is 0 Å². The molecule has 1 atom stereocenters. The van der Waals surface area contributed by atoms with Crippen molar-refractivity contribution in [2.24, 2.45) is 5.92 Å². The summed E-state index contributed by atoms with van der Waals surface area (Å²) in [5.41, 5.74) is 0. The second-order valence-corrected chi connectivity index (χ2v) is 5.26. The zero-order valence-corrected chi connectivity index (χ0v) is 11.3. The number of carbonyl (C=O) groups is 1. The predicted octanol–water partition coefficient (Wildman–Crippen LogP) is 3.03. The van der Waals surface area contributed by atoms with Gasteiger partial charge in [0, 0.05) is 10.9 Å². The second-order valence-electron chi connectivity index (χ2n) is 4.23. The van der Waals surface area contributed by atoms with Gasteiger partial charge in [-0.2, -0.15) is 5.26 Å². The molecule has 1 rings (SSSR count). The number of hydrogen-bond donors (Lipinski definition) is 0. The van der Waals surface area contributed by atoms with Gasteiger partial charge in [-0.05, 0) is 31.7 Å². The second kappa shape index (κ2) is 6.41. The molecule has 0 radical (unpaired) electrons. The highest BCUT2D eigenvalue weighted by Crippen LogP contribution is 2.17. The van der Waals surface area contributed by atoms with Crippen LogP contribution in [0.2, 0.25) is 0 Å². The average molecular weight is 250 g/mol. The van der Waals surface area contributed by atoms with Crippen molar-refractivity contribution in [2.75, 3.05) is 0 Å². The minimum Gasteiger partial charge on any atom is -0.334 e. The minimum absolute atomic E-state index is 0.0570. The van der Waals surface area contributed by atoms with Gasteiger partial charge in [0.05, 0.1) is 12.6 Å². The number of carbonyl (C=O) groups excluding carboxylic acids is 1. The van der Waals surface area contributed by atoms with Crippen molar-refractivity contribution in [1.29, 1.82) is 5.26 Å². The van der Waals surface area contributed by atoms with Crippen molar-refractivity contribution in [3.05, 3.63) is 22.4 Å². The fourth-order valence-corrected chi connectivity index (χ4v) is 2.31. The molecule has 0 saturated heterocycles. The van der Waals surface area contributed by atoms with Gasteiger partial charge in [0.15, 0.2) is 0 Å². The maximum absolute atomic E-state index is 12.2. The van der Waals surface area contributed by atoms with Crippen LogP contribution in [0.15, 0.2) is 17.5 Å². The van der Waals surface area contributed by atoms with E-state index in [1.54, 1.807) is 16.2 Å². The molecular formula is C13H18N2OS. The predicted molar refractivity (Wildman–Crippen MR) is 69.4 cm³/mol. The lowest BCUT2D eigenvalue weighted by Gasteiger charge is -2.27. The molecule has 0 aliphatic rings. The first-order chi connectivity index (χ1) is 8.10. The third-order valence-electron chi connectivity index (χ3n) is 2.67. The minimum atomic E-state index is -0.516. The fourth-order valence-electron chi connectivity index (χ4n) is 1.61. The molecule has 92 valence electrons. The molecule has 0 aromatic carbocycles. The molecule has 0 aliphatic carbocycles. The third kappa shape index (κ3) is 3.57. The summed E-state index contributed by atoms with van der Waals surface area (Å²) in [6, 6.07) is 6.19. The van der Waals surface area contributed by atoms with Gasteiger partial charge in [-0.3, -0.25) is 4.79 Å². The Labute approximate surface area is 107 Å². The Balaban J connectivity index is 2.79. The Hall–Kier alpha value is -1.34. The first-order valence-corrected chi connectivity index (χ1v) is 6.70. The van der Waals surface area contributed by atoms with Crippen LogP contribution in [0, 0.1) is 17.2 Å². The summed E-state index contributed by atoms with van der Waals surface area (Å²) in [6.45, 7) is 6.44. The highest BCUT2D eigenvalue weighted by molar-refractivity contribution is 7.09.